The highest BCUT2D eigenvalue weighted by Gasteiger charge is 2.21. The second kappa shape index (κ2) is 3.31. The van der Waals surface area contributed by atoms with Crippen LogP contribution >= 0.6 is 11.6 Å². The van der Waals surface area contributed by atoms with E-state index in [-0.39, 0.29) is 12.1 Å². The van der Waals surface area contributed by atoms with Crippen molar-refractivity contribution in [3.05, 3.63) is 16.4 Å². The van der Waals surface area contributed by atoms with Gasteiger partial charge in [-0.2, -0.15) is 5.10 Å². The molecule has 0 aliphatic rings. The average Bonchev–Trinajstić information content (AvgIpc) is 2.25. The molecule has 0 saturated heterocycles. The zero-order valence-electron chi connectivity index (χ0n) is 8.43. The largest absolute Gasteiger partial charge is 0.391 e. The van der Waals surface area contributed by atoms with Gasteiger partial charge in [-0.15, -0.1) is 0 Å². The van der Waals surface area contributed by atoms with Gasteiger partial charge in [0.15, 0.2) is 0 Å². The van der Waals surface area contributed by atoms with E-state index in [1.807, 2.05) is 27.7 Å². The fourth-order valence-electron chi connectivity index (χ4n) is 1.16. The van der Waals surface area contributed by atoms with Gasteiger partial charge in [-0.25, -0.2) is 4.68 Å². The summed E-state index contributed by atoms with van der Waals surface area (Å²) >= 11 is 6.05. The van der Waals surface area contributed by atoms with Crippen molar-refractivity contribution in [2.24, 2.45) is 0 Å². The minimum atomic E-state index is -0.144. The predicted octanol–water partition coefficient (Wildman–Crippen LogP) is 2.09. The topological polar surface area (TPSA) is 38.0 Å². The number of aliphatic hydroxyl groups excluding tert-OH is 1. The van der Waals surface area contributed by atoms with Crippen LogP contribution in [0.2, 0.25) is 5.15 Å². The lowest BCUT2D eigenvalue weighted by molar-refractivity contribution is 0.280. The highest BCUT2D eigenvalue weighted by Crippen LogP contribution is 2.25. The third-order valence-corrected chi connectivity index (χ3v) is 2.30. The first-order chi connectivity index (χ1) is 5.88. The summed E-state index contributed by atoms with van der Waals surface area (Å²) in [5.41, 5.74) is 1.37. The first-order valence-electron chi connectivity index (χ1n) is 4.23. The SMILES string of the molecule is Cc1nn(C(C)(C)C)c(Cl)c1CO. The number of aromatic nitrogens is 2. The third kappa shape index (κ3) is 1.86. The van der Waals surface area contributed by atoms with Gasteiger partial charge in [-0.3, -0.25) is 0 Å². The smallest absolute Gasteiger partial charge is 0.133 e. The molecule has 0 bridgehead atoms. The zero-order chi connectivity index (χ0) is 10.2. The van der Waals surface area contributed by atoms with E-state index >= 15 is 0 Å². The van der Waals surface area contributed by atoms with Crippen LogP contribution in [-0.4, -0.2) is 14.9 Å². The van der Waals surface area contributed by atoms with E-state index in [0.29, 0.717) is 5.15 Å². The molecule has 13 heavy (non-hydrogen) atoms. The Morgan fingerprint density at radius 3 is 2.23 bits per heavy atom. The van der Waals surface area contributed by atoms with Crippen molar-refractivity contribution in [1.82, 2.24) is 9.78 Å². The maximum atomic E-state index is 9.04. The molecule has 4 heteroatoms. The van der Waals surface area contributed by atoms with Crippen LogP contribution < -0.4 is 0 Å². The van der Waals surface area contributed by atoms with Gasteiger partial charge in [0.25, 0.3) is 0 Å². The van der Waals surface area contributed by atoms with Crippen LogP contribution in [-0.2, 0) is 12.1 Å². The summed E-state index contributed by atoms with van der Waals surface area (Å²) in [5, 5.41) is 13.9. The van der Waals surface area contributed by atoms with E-state index < -0.39 is 0 Å². The second-order valence-electron chi connectivity index (χ2n) is 4.10. The lowest BCUT2D eigenvalue weighted by atomic mass is 10.1. The van der Waals surface area contributed by atoms with Crippen LogP contribution in [0.25, 0.3) is 0 Å². The van der Waals surface area contributed by atoms with Gasteiger partial charge < -0.3 is 5.11 Å². The van der Waals surface area contributed by atoms with E-state index in [1.165, 1.54) is 0 Å². The van der Waals surface area contributed by atoms with Crippen molar-refractivity contribution in [3.63, 3.8) is 0 Å². The van der Waals surface area contributed by atoms with Gasteiger partial charge in [0.1, 0.15) is 5.15 Å². The van der Waals surface area contributed by atoms with Crippen LogP contribution in [0.4, 0.5) is 0 Å². The van der Waals surface area contributed by atoms with Crippen molar-refractivity contribution in [1.29, 1.82) is 0 Å². The van der Waals surface area contributed by atoms with Gasteiger partial charge in [-0.05, 0) is 27.7 Å². The van der Waals surface area contributed by atoms with Crippen molar-refractivity contribution < 1.29 is 5.11 Å². The van der Waals surface area contributed by atoms with Crippen molar-refractivity contribution in [3.8, 4) is 0 Å². The first-order valence-corrected chi connectivity index (χ1v) is 4.61. The molecule has 0 spiro atoms. The summed E-state index contributed by atoms with van der Waals surface area (Å²) < 4.78 is 1.73. The molecule has 74 valence electrons. The monoisotopic (exact) mass is 202 g/mol. The Labute approximate surface area is 83.3 Å². The van der Waals surface area contributed by atoms with E-state index in [2.05, 4.69) is 5.10 Å². The summed E-state index contributed by atoms with van der Waals surface area (Å²) in [6.07, 6.45) is 0. The number of aryl methyl sites for hydroxylation is 1. The zero-order valence-corrected chi connectivity index (χ0v) is 9.18. The Kier molecular flexibility index (Phi) is 2.68. The van der Waals surface area contributed by atoms with Gasteiger partial charge in [0.05, 0.1) is 17.8 Å². The molecule has 1 aromatic rings. The molecule has 0 amide bonds. The molecule has 0 atom stereocenters. The summed E-state index contributed by atoms with van der Waals surface area (Å²) in [6, 6.07) is 0. The highest BCUT2D eigenvalue weighted by atomic mass is 35.5. The van der Waals surface area contributed by atoms with Gasteiger partial charge in [0.2, 0.25) is 0 Å². The number of nitrogens with zero attached hydrogens (tertiary/aromatic N) is 2. The predicted molar refractivity (Wildman–Crippen MR) is 52.9 cm³/mol. The molecule has 0 aliphatic heterocycles. The van der Waals surface area contributed by atoms with Crippen molar-refractivity contribution >= 4 is 11.6 Å². The summed E-state index contributed by atoms with van der Waals surface area (Å²) in [6.45, 7) is 7.85. The molecule has 0 fully saturated rings. The van der Waals surface area contributed by atoms with Crippen molar-refractivity contribution in [2.75, 3.05) is 0 Å². The molecule has 0 radical (unpaired) electrons. The molecule has 0 unspecified atom stereocenters. The number of aliphatic hydroxyl groups is 1. The highest BCUT2D eigenvalue weighted by molar-refractivity contribution is 6.30. The van der Waals surface area contributed by atoms with Gasteiger partial charge >= 0.3 is 0 Å². The van der Waals surface area contributed by atoms with Crippen LogP contribution in [0.1, 0.15) is 32.0 Å². The molecule has 3 nitrogen and oxygen atoms in total. The first kappa shape index (κ1) is 10.5. The van der Waals surface area contributed by atoms with Crippen LogP contribution in [0, 0.1) is 6.92 Å². The molecule has 1 rings (SSSR count). The molecule has 1 heterocycles. The number of hydrogen-bond donors (Lipinski definition) is 1. The third-order valence-electron chi connectivity index (χ3n) is 1.92. The molecular formula is C9H15ClN2O. The summed E-state index contributed by atoms with van der Waals surface area (Å²) in [4.78, 5) is 0. The second-order valence-corrected chi connectivity index (χ2v) is 4.45. The molecule has 0 saturated carbocycles. The van der Waals surface area contributed by atoms with E-state index in [4.69, 9.17) is 16.7 Å². The minimum absolute atomic E-state index is 0.0548. The Morgan fingerprint density at radius 2 is 2.00 bits per heavy atom. The average molecular weight is 203 g/mol. The summed E-state index contributed by atoms with van der Waals surface area (Å²) in [7, 11) is 0. The molecular weight excluding hydrogens is 188 g/mol. The molecule has 0 aromatic carbocycles. The maximum Gasteiger partial charge on any atom is 0.133 e. The van der Waals surface area contributed by atoms with E-state index in [9.17, 15) is 0 Å². The normalized spacial score (nSPS) is 12.2. The number of halogens is 1. The van der Waals surface area contributed by atoms with Crippen LogP contribution in [0.15, 0.2) is 0 Å². The van der Waals surface area contributed by atoms with Gasteiger partial charge in [-0.1, -0.05) is 11.6 Å². The fourth-order valence-corrected chi connectivity index (χ4v) is 1.64. The van der Waals surface area contributed by atoms with E-state index in [0.717, 1.165) is 11.3 Å². The number of hydrogen-bond acceptors (Lipinski definition) is 2. The lowest BCUT2D eigenvalue weighted by Gasteiger charge is -2.20. The standard InChI is InChI=1S/C9H15ClN2O/c1-6-7(5-13)8(10)12(11-6)9(2,3)4/h13H,5H2,1-4H3. The quantitative estimate of drug-likeness (QED) is 0.758. The Bertz CT molecular complexity index is 312. The minimum Gasteiger partial charge on any atom is -0.391 e. The maximum absolute atomic E-state index is 9.04. The summed E-state index contributed by atoms with van der Waals surface area (Å²) in [5.74, 6) is 0. The van der Waals surface area contributed by atoms with E-state index in [1.54, 1.807) is 4.68 Å². The number of rotatable bonds is 1. The molecule has 1 aromatic heterocycles. The fraction of sp³-hybridized carbons (Fsp3) is 0.667. The van der Waals surface area contributed by atoms with Crippen molar-refractivity contribution in [2.45, 2.75) is 39.8 Å². The molecule has 0 aliphatic carbocycles. The van der Waals surface area contributed by atoms with Crippen LogP contribution in [0.3, 0.4) is 0 Å². The lowest BCUT2D eigenvalue weighted by Crippen LogP contribution is -2.23. The Morgan fingerprint density at radius 1 is 1.46 bits per heavy atom. The Hall–Kier alpha value is -0.540. The van der Waals surface area contributed by atoms with Crippen LogP contribution in [0.5, 0.6) is 0 Å². The molecule has 1 N–H and O–H groups in total. The van der Waals surface area contributed by atoms with Gasteiger partial charge in [0, 0.05) is 5.56 Å². The Balaban J connectivity index is 3.26.